The Morgan fingerprint density at radius 2 is 2.50 bits per heavy atom. The van der Waals surface area contributed by atoms with Crippen LogP contribution in [-0.2, 0) is 6.54 Å². The van der Waals surface area contributed by atoms with Crippen molar-refractivity contribution < 1.29 is 4.79 Å². The molecule has 0 radical (unpaired) electrons. The first-order chi connectivity index (χ1) is 8.74. The van der Waals surface area contributed by atoms with Gasteiger partial charge < -0.3 is 16.0 Å². The van der Waals surface area contributed by atoms with Gasteiger partial charge in [0, 0.05) is 24.3 Å². The number of amides is 1. The normalized spacial score (nSPS) is 12.3. The molecule has 1 atom stereocenters. The number of nitrogens with two attached hydrogens (primary N) is 1. The van der Waals surface area contributed by atoms with Crippen LogP contribution in [0.25, 0.3) is 0 Å². The number of thiazole rings is 1. The molecule has 18 heavy (non-hydrogen) atoms. The number of imidazole rings is 1. The zero-order chi connectivity index (χ0) is 13.0. The molecular weight excluding hydrogens is 250 g/mol. The zero-order valence-electron chi connectivity index (χ0n) is 10.0. The van der Waals surface area contributed by atoms with Crippen molar-refractivity contribution in [1.82, 2.24) is 20.3 Å². The minimum Gasteiger partial charge on any atom is -0.347 e. The molecule has 0 saturated heterocycles. The van der Waals surface area contributed by atoms with Crippen molar-refractivity contribution in [1.29, 1.82) is 0 Å². The number of nitrogens with zero attached hydrogens (tertiary/aromatic N) is 2. The van der Waals surface area contributed by atoms with Gasteiger partial charge >= 0.3 is 0 Å². The highest BCUT2D eigenvalue weighted by molar-refractivity contribution is 7.09. The van der Waals surface area contributed by atoms with E-state index in [0.29, 0.717) is 12.2 Å². The van der Waals surface area contributed by atoms with Crippen molar-refractivity contribution in [2.75, 3.05) is 0 Å². The molecule has 96 valence electrons. The quantitative estimate of drug-likeness (QED) is 0.757. The lowest BCUT2D eigenvalue weighted by Crippen LogP contribution is -2.29. The molecule has 2 heterocycles. The van der Waals surface area contributed by atoms with Crippen LogP contribution in [0.4, 0.5) is 0 Å². The Kier molecular flexibility index (Phi) is 4.06. The maximum Gasteiger partial charge on any atom is 0.271 e. The van der Waals surface area contributed by atoms with E-state index in [2.05, 4.69) is 20.3 Å². The number of nitrogens with one attached hydrogen (secondary N) is 2. The summed E-state index contributed by atoms with van der Waals surface area (Å²) in [6, 6.07) is -0.129. The Bertz CT molecular complexity index is 507. The van der Waals surface area contributed by atoms with Crippen molar-refractivity contribution >= 4 is 17.2 Å². The summed E-state index contributed by atoms with van der Waals surface area (Å²) in [6.45, 7) is 2.34. The van der Waals surface area contributed by atoms with E-state index in [9.17, 15) is 4.79 Å². The SMILES string of the molecule is CCC(NC(=O)c1csc(CN)n1)c1ncc[nH]1. The summed E-state index contributed by atoms with van der Waals surface area (Å²) in [5.74, 6) is 0.550. The summed E-state index contributed by atoms with van der Waals surface area (Å²) >= 11 is 1.39. The van der Waals surface area contributed by atoms with Crippen LogP contribution in [0.5, 0.6) is 0 Å². The Hall–Kier alpha value is -1.73. The number of aromatic nitrogens is 3. The molecule has 0 aliphatic heterocycles. The van der Waals surface area contributed by atoms with Crippen LogP contribution in [0.2, 0.25) is 0 Å². The minimum absolute atomic E-state index is 0.129. The molecular formula is C11H15N5OS. The van der Waals surface area contributed by atoms with E-state index in [1.807, 2.05) is 6.92 Å². The maximum atomic E-state index is 12.0. The summed E-state index contributed by atoms with van der Waals surface area (Å²) in [5.41, 5.74) is 5.88. The Labute approximate surface area is 109 Å². The van der Waals surface area contributed by atoms with Gasteiger partial charge in [-0.25, -0.2) is 9.97 Å². The van der Waals surface area contributed by atoms with E-state index in [4.69, 9.17) is 5.73 Å². The number of rotatable bonds is 5. The van der Waals surface area contributed by atoms with Crippen LogP contribution < -0.4 is 11.1 Å². The van der Waals surface area contributed by atoms with Gasteiger partial charge in [0.2, 0.25) is 0 Å². The van der Waals surface area contributed by atoms with Crippen LogP contribution in [-0.4, -0.2) is 20.9 Å². The number of carbonyl (C=O) groups is 1. The van der Waals surface area contributed by atoms with Gasteiger partial charge in [0.15, 0.2) is 0 Å². The topological polar surface area (TPSA) is 96.7 Å². The van der Waals surface area contributed by atoms with E-state index < -0.39 is 0 Å². The summed E-state index contributed by atoms with van der Waals surface area (Å²) in [6.07, 6.45) is 4.16. The van der Waals surface area contributed by atoms with Gasteiger partial charge in [-0.15, -0.1) is 11.3 Å². The lowest BCUT2D eigenvalue weighted by atomic mass is 10.2. The Morgan fingerprint density at radius 1 is 1.67 bits per heavy atom. The van der Waals surface area contributed by atoms with Crippen LogP contribution in [0.1, 0.15) is 40.7 Å². The fourth-order valence-electron chi connectivity index (χ4n) is 1.57. The van der Waals surface area contributed by atoms with Crippen LogP contribution in [0, 0.1) is 0 Å². The highest BCUT2D eigenvalue weighted by Crippen LogP contribution is 2.14. The van der Waals surface area contributed by atoms with Gasteiger partial charge in [-0.05, 0) is 6.42 Å². The van der Waals surface area contributed by atoms with E-state index >= 15 is 0 Å². The third-order valence-electron chi connectivity index (χ3n) is 2.52. The summed E-state index contributed by atoms with van der Waals surface area (Å²) < 4.78 is 0. The van der Waals surface area contributed by atoms with Crippen molar-refractivity contribution in [2.45, 2.75) is 25.9 Å². The average Bonchev–Trinajstić information content (AvgIpc) is 3.05. The molecule has 4 N–H and O–H groups in total. The minimum atomic E-state index is -0.200. The molecule has 0 bridgehead atoms. The zero-order valence-corrected chi connectivity index (χ0v) is 10.8. The molecule has 2 rings (SSSR count). The van der Waals surface area contributed by atoms with Gasteiger partial charge in [0.25, 0.3) is 5.91 Å². The van der Waals surface area contributed by atoms with Crippen LogP contribution in [0.15, 0.2) is 17.8 Å². The number of carbonyl (C=O) groups excluding carboxylic acids is 1. The molecule has 7 heteroatoms. The van der Waals surface area contributed by atoms with E-state index in [-0.39, 0.29) is 11.9 Å². The molecule has 0 aromatic carbocycles. The second-order valence-electron chi connectivity index (χ2n) is 3.74. The molecule has 0 spiro atoms. The lowest BCUT2D eigenvalue weighted by molar-refractivity contribution is 0.0929. The second kappa shape index (κ2) is 5.74. The smallest absolute Gasteiger partial charge is 0.271 e. The lowest BCUT2D eigenvalue weighted by Gasteiger charge is -2.13. The first-order valence-corrected chi connectivity index (χ1v) is 6.57. The molecule has 1 unspecified atom stereocenters. The molecule has 0 fully saturated rings. The van der Waals surface area contributed by atoms with Crippen LogP contribution >= 0.6 is 11.3 Å². The fourth-order valence-corrected chi connectivity index (χ4v) is 2.23. The van der Waals surface area contributed by atoms with Crippen molar-refractivity contribution in [3.05, 3.63) is 34.3 Å². The number of aromatic amines is 1. The highest BCUT2D eigenvalue weighted by Gasteiger charge is 2.17. The maximum absolute atomic E-state index is 12.0. The molecule has 1 amide bonds. The third kappa shape index (κ3) is 2.74. The standard InChI is InChI=1S/C11H15N5OS/c1-2-7(10-13-3-4-14-10)16-11(17)8-6-18-9(5-12)15-8/h3-4,6-7H,2,5,12H2,1H3,(H,13,14)(H,16,17). The highest BCUT2D eigenvalue weighted by atomic mass is 32.1. The number of hydrogen-bond donors (Lipinski definition) is 3. The molecule has 0 aliphatic rings. The van der Waals surface area contributed by atoms with Gasteiger partial charge in [-0.3, -0.25) is 4.79 Å². The Balaban J connectivity index is 2.06. The summed E-state index contributed by atoms with van der Waals surface area (Å²) in [4.78, 5) is 23.3. The summed E-state index contributed by atoms with van der Waals surface area (Å²) in [7, 11) is 0. The molecule has 0 saturated carbocycles. The third-order valence-corrected chi connectivity index (χ3v) is 3.39. The predicted octanol–water partition coefficient (Wildman–Crippen LogP) is 1.21. The largest absolute Gasteiger partial charge is 0.347 e. The van der Waals surface area contributed by atoms with Crippen molar-refractivity contribution in [2.24, 2.45) is 5.73 Å². The van der Waals surface area contributed by atoms with Gasteiger partial charge in [-0.2, -0.15) is 0 Å². The predicted molar refractivity (Wildman–Crippen MR) is 69.1 cm³/mol. The first-order valence-electron chi connectivity index (χ1n) is 5.69. The van der Waals surface area contributed by atoms with E-state index in [0.717, 1.165) is 17.3 Å². The monoisotopic (exact) mass is 265 g/mol. The van der Waals surface area contributed by atoms with Gasteiger partial charge in [0.1, 0.15) is 16.5 Å². The number of hydrogen-bond acceptors (Lipinski definition) is 5. The van der Waals surface area contributed by atoms with Gasteiger partial charge in [-0.1, -0.05) is 6.92 Å². The molecule has 6 nitrogen and oxygen atoms in total. The first kappa shape index (κ1) is 12.7. The second-order valence-corrected chi connectivity index (χ2v) is 4.68. The molecule has 0 aliphatic carbocycles. The fraction of sp³-hybridized carbons (Fsp3) is 0.364. The van der Waals surface area contributed by atoms with E-state index in [1.165, 1.54) is 11.3 Å². The van der Waals surface area contributed by atoms with Crippen molar-refractivity contribution in [3.63, 3.8) is 0 Å². The van der Waals surface area contributed by atoms with E-state index in [1.54, 1.807) is 17.8 Å². The summed E-state index contributed by atoms with van der Waals surface area (Å²) in [5, 5.41) is 5.36. The molecule has 2 aromatic heterocycles. The van der Waals surface area contributed by atoms with Gasteiger partial charge in [0.05, 0.1) is 6.04 Å². The van der Waals surface area contributed by atoms with Crippen molar-refractivity contribution in [3.8, 4) is 0 Å². The Morgan fingerprint density at radius 3 is 3.06 bits per heavy atom. The molecule has 2 aromatic rings. The number of H-pyrrole nitrogens is 1. The van der Waals surface area contributed by atoms with Crippen LogP contribution in [0.3, 0.4) is 0 Å². The average molecular weight is 265 g/mol.